The molecule has 0 aliphatic heterocycles. The van der Waals surface area contributed by atoms with Gasteiger partial charge in [0.25, 0.3) is 0 Å². The lowest BCUT2D eigenvalue weighted by atomic mass is 9.78. The second-order valence-corrected chi connectivity index (χ2v) is 19.7. The monoisotopic (exact) mass is 1040 g/mol. The molecule has 0 spiro atoms. The summed E-state index contributed by atoms with van der Waals surface area (Å²) in [6.45, 7) is 14.4. The highest BCUT2D eigenvalue weighted by atomic mass is 15.1. The summed E-state index contributed by atoms with van der Waals surface area (Å²) in [7, 11) is 0. The zero-order valence-electron chi connectivity index (χ0n) is 47.0. The number of para-hydroxylation sites is 2. The van der Waals surface area contributed by atoms with Gasteiger partial charge in [-0.3, -0.25) is 0 Å². The van der Waals surface area contributed by atoms with E-state index in [-0.39, 0.29) is 17.9 Å². The first-order valence-electron chi connectivity index (χ1n) is 28.1. The van der Waals surface area contributed by atoms with E-state index in [4.69, 9.17) is 0 Å². The highest BCUT2D eigenvalue weighted by Crippen LogP contribution is 2.39. The molecular formula is C77H75N3. The Hall–Kier alpha value is -9.44. The average molecular weight is 1040 g/mol. The molecule has 398 valence electrons. The third kappa shape index (κ3) is 16.1. The van der Waals surface area contributed by atoms with Crippen LogP contribution in [0.2, 0.25) is 0 Å². The van der Waals surface area contributed by atoms with E-state index in [1.807, 2.05) is 99.0 Å². The maximum absolute atomic E-state index is 3.88. The van der Waals surface area contributed by atoms with Crippen LogP contribution in [0.3, 0.4) is 0 Å². The smallest absolute Gasteiger partial charge is 0.0551 e. The molecule has 0 bridgehead atoms. The second kappa shape index (κ2) is 29.9. The van der Waals surface area contributed by atoms with Gasteiger partial charge in [0.2, 0.25) is 0 Å². The van der Waals surface area contributed by atoms with Crippen molar-refractivity contribution in [1.82, 2.24) is 0 Å². The number of nitrogens with zero attached hydrogens (tertiary/aromatic N) is 1. The minimum atomic E-state index is 0.0913. The molecule has 0 aromatic heterocycles. The zero-order valence-corrected chi connectivity index (χ0v) is 47.0. The van der Waals surface area contributed by atoms with Crippen LogP contribution in [0.25, 0.3) is 28.3 Å². The molecule has 8 aromatic carbocycles. The summed E-state index contributed by atoms with van der Waals surface area (Å²) in [5.74, 6) is 0.792. The highest BCUT2D eigenvalue weighted by Gasteiger charge is 2.26. The quantitative estimate of drug-likeness (QED) is 0.0890. The van der Waals surface area contributed by atoms with Crippen molar-refractivity contribution in [3.8, 4) is 22.3 Å². The van der Waals surface area contributed by atoms with Gasteiger partial charge in [-0.15, -0.1) is 0 Å². The fraction of sp³-hybridized carbons (Fsp3) is 0.117. The number of rotatable bonds is 17. The Morgan fingerprint density at radius 2 is 0.975 bits per heavy atom. The number of aryl methyl sites for hydroxylation is 1. The SMILES string of the molecule is C=C/C=C\C=C(/C)N(c1ccccc1)c1ccc(-c2ccc(C3C=C(C4=CC(c5ccccc5)C(Nc5ccc(-c6ccc(\C=C/C=C\C=C\Nc7ccccc7)cc6)cc5)C=C4)C=CC3C)cc2)cc1.CC.Cc1ccccc1. The van der Waals surface area contributed by atoms with E-state index < -0.39 is 0 Å². The van der Waals surface area contributed by atoms with E-state index in [0.29, 0.717) is 5.92 Å². The Morgan fingerprint density at radius 3 is 1.57 bits per heavy atom. The van der Waals surface area contributed by atoms with Crippen molar-refractivity contribution in [2.24, 2.45) is 5.92 Å². The van der Waals surface area contributed by atoms with Crippen molar-refractivity contribution >= 4 is 28.8 Å². The molecule has 0 radical (unpaired) electrons. The van der Waals surface area contributed by atoms with Gasteiger partial charge in [0.1, 0.15) is 0 Å². The Kier molecular flexibility index (Phi) is 21.2. The molecule has 10 rings (SSSR count). The third-order valence-corrected chi connectivity index (χ3v) is 14.1. The Balaban J connectivity index is 0.000000859. The van der Waals surface area contributed by atoms with Crippen LogP contribution in [0, 0.1) is 12.8 Å². The van der Waals surface area contributed by atoms with Gasteiger partial charge < -0.3 is 15.5 Å². The summed E-state index contributed by atoms with van der Waals surface area (Å²) in [6.07, 6.45) is 34.3. The first-order chi connectivity index (χ1) is 39.4. The van der Waals surface area contributed by atoms with Gasteiger partial charge in [-0.2, -0.15) is 0 Å². The summed E-state index contributed by atoms with van der Waals surface area (Å²) in [5, 5.41) is 7.15. The Labute approximate surface area is 477 Å². The molecule has 2 aliphatic carbocycles. The van der Waals surface area contributed by atoms with Gasteiger partial charge in [-0.1, -0.05) is 282 Å². The number of hydrogen-bond donors (Lipinski definition) is 2. The summed E-state index contributed by atoms with van der Waals surface area (Å²) in [5.41, 5.74) is 17.9. The molecule has 80 heavy (non-hydrogen) atoms. The zero-order chi connectivity index (χ0) is 55.7. The maximum Gasteiger partial charge on any atom is 0.0551 e. The topological polar surface area (TPSA) is 27.3 Å². The van der Waals surface area contributed by atoms with Crippen LogP contribution < -0.4 is 15.5 Å². The molecule has 4 atom stereocenters. The van der Waals surface area contributed by atoms with E-state index in [0.717, 1.165) is 34.0 Å². The molecule has 8 aromatic rings. The predicted molar refractivity (Wildman–Crippen MR) is 348 cm³/mol. The highest BCUT2D eigenvalue weighted by molar-refractivity contribution is 5.73. The summed E-state index contributed by atoms with van der Waals surface area (Å²) < 4.78 is 0. The lowest BCUT2D eigenvalue weighted by Gasteiger charge is -2.30. The van der Waals surface area contributed by atoms with Crippen molar-refractivity contribution in [1.29, 1.82) is 0 Å². The van der Waals surface area contributed by atoms with Gasteiger partial charge in [-0.25, -0.2) is 0 Å². The number of allylic oxidation sites excluding steroid dienone is 15. The molecule has 4 unspecified atom stereocenters. The fourth-order valence-electron chi connectivity index (χ4n) is 9.84. The number of anilines is 4. The van der Waals surface area contributed by atoms with Crippen molar-refractivity contribution < 1.29 is 0 Å². The number of nitrogens with one attached hydrogen (secondary N) is 2. The molecular weight excluding hydrogens is 967 g/mol. The lowest BCUT2D eigenvalue weighted by molar-refractivity contribution is 0.631. The van der Waals surface area contributed by atoms with E-state index in [1.54, 1.807) is 6.08 Å². The Morgan fingerprint density at radius 1 is 0.475 bits per heavy atom. The normalized spacial score (nSPS) is 16.8. The van der Waals surface area contributed by atoms with Crippen LogP contribution in [0.5, 0.6) is 0 Å². The molecule has 2 N–H and O–H groups in total. The lowest BCUT2D eigenvalue weighted by Crippen LogP contribution is -2.27. The van der Waals surface area contributed by atoms with Crippen LogP contribution in [0.15, 0.2) is 333 Å². The van der Waals surface area contributed by atoms with E-state index >= 15 is 0 Å². The summed E-state index contributed by atoms with van der Waals surface area (Å²) >= 11 is 0. The average Bonchev–Trinajstić information content (AvgIpc) is 3.55. The van der Waals surface area contributed by atoms with Crippen LogP contribution in [0.1, 0.15) is 61.8 Å². The van der Waals surface area contributed by atoms with Crippen LogP contribution in [0.4, 0.5) is 22.7 Å². The first-order valence-corrected chi connectivity index (χ1v) is 28.1. The maximum atomic E-state index is 3.88. The minimum absolute atomic E-state index is 0.0913. The molecule has 3 heteroatoms. The first kappa shape index (κ1) is 56.8. The summed E-state index contributed by atoms with van der Waals surface area (Å²) in [4.78, 5) is 2.28. The van der Waals surface area contributed by atoms with E-state index in [9.17, 15) is 0 Å². The molecule has 0 heterocycles. The fourth-order valence-corrected chi connectivity index (χ4v) is 9.84. The molecule has 3 nitrogen and oxygen atoms in total. The van der Waals surface area contributed by atoms with Crippen molar-refractivity contribution in [2.45, 2.75) is 52.5 Å². The molecule has 0 amide bonds. The van der Waals surface area contributed by atoms with Gasteiger partial charge in [0.15, 0.2) is 0 Å². The minimum Gasteiger partial charge on any atom is -0.378 e. The summed E-state index contributed by atoms with van der Waals surface area (Å²) in [6, 6.07) is 77.5. The van der Waals surface area contributed by atoms with Crippen LogP contribution >= 0.6 is 0 Å². The molecule has 0 saturated carbocycles. The largest absolute Gasteiger partial charge is 0.378 e. The molecule has 2 aliphatic rings. The number of benzene rings is 8. The van der Waals surface area contributed by atoms with Crippen molar-refractivity contribution in [2.75, 3.05) is 15.5 Å². The third-order valence-electron chi connectivity index (χ3n) is 14.1. The molecule has 0 saturated heterocycles. The standard InChI is InChI=1S/C68H61N3.C7H8.C2H6/c1-4-5-11-20-52(3)71(64-26-17-10-18-27-64)65-45-40-57(41-46-65)55-34-36-59(37-35-55)66-49-60(31-28-51(66)2)61-42-47-68(67(50-61)58-22-13-8-14-23-58)70-63-43-38-56(39-44-63)54-32-29-53(30-33-54)21-12-6-7-19-48-69-62-24-15-9-16-25-62;1-7-5-3-2-4-6-7;1-2/h4-51,66-70H,1H2,2-3H3;2-6H,1H3;1-2H3/b7-6-,11-5-,21-12-,48-19+,52-20+;;. The van der Waals surface area contributed by atoms with Gasteiger partial charge in [-0.05, 0) is 131 Å². The van der Waals surface area contributed by atoms with E-state index in [2.05, 4.69) is 267 Å². The predicted octanol–water partition coefficient (Wildman–Crippen LogP) is 21.0. The van der Waals surface area contributed by atoms with Gasteiger partial charge in [0.05, 0.1) is 6.04 Å². The van der Waals surface area contributed by atoms with Crippen LogP contribution in [-0.2, 0) is 0 Å². The van der Waals surface area contributed by atoms with Crippen molar-refractivity contribution in [3.63, 3.8) is 0 Å². The molecule has 0 fully saturated rings. The second-order valence-electron chi connectivity index (χ2n) is 19.7. The van der Waals surface area contributed by atoms with Gasteiger partial charge in [0, 0.05) is 46.5 Å². The van der Waals surface area contributed by atoms with E-state index in [1.165, 1.54) is 50.1 Å². The van der Waals surface area contributed by atoms with Crippen LogP contribution in [-0.4, -0.2) is 6.04 Å². The van der Waals surface area contributed by atoms with Crippen molar-refractivity contribution in [3.05, 3.63) is 355 Å². The van der Waals surface area contributed by atoms with Gasteiger partial charge >= 0.3 is 0 Å². The Bertz CT molecular complexity index is 3450. The number of hydrogen-bond acceptors (Lipinski definition) is 3.